The number of hydrogen-bond donors (Lipinski definition) is 1. The highest BCUT2D eigenvalue weighted by Crippen LogP contribution is 2.42. The number of hydrogen-bond acceptors (Lipinski definition) is 2. The molecule has 0 radical (unpaired) electrons. The van der Waals surface area contributed by atoms with Crippen LogP contribution in [0, 0.1) is 5.92 Å². The molecule has 0 amide bonds. The number of aromatic nitrogens is 2. The second-order valence-corrected chi connectivity index (χ2v) is 7.14. The average molecular weight is 286 g/mol. The lowest BCUT2D eigenvalue weighted by molar-refractivity contribution is 0.0697. The summed E-state index contributed by atoms with van der Waals surface area (Å²) in [7, 11) is 0. The van der Waals surface area contributed by atoms with Gasteiger partial charge in [-0.25, -0.2) is 9.78 Å². The van der Waals surface area contributed by atoms with E-state index >= 15 is 0 Å². The van der Waals surface area contributed by atoms with Crippen LogP contribution in [0.5, 0.6) is 0 Å². The second kappa shape index (κ2) is 4.58. The fourth-order valence-corrected chi connectivity index (χ4v) is 2.96. The SMILES string of the molecule is CC(C1CC1)n1c(C(C)(C)C)nc2cc(C(=O)O)ccc21. The van der Waals surface area contributed by atoms with Crippen LogP contribution in [0.4, 0.5) is 0 Å². The number of imidazole rings is 1. The molecule has 1 saturated carbocycles. The lowest BCUT2D eigenvalue weighted by Gasteiger charge is -2.24. The van der Waals surface area contributed by atoms with E-state index in [2.05, 4.69) is 32.3 Å². The zero-order chi connectivity index (χ0) is 15.4. The van der Waals surface area contributed by atoms with Gasteiger partial charge in [0.05, 0.1) is 16.6 Å². The molecule has 0 spiro atoms. The third kappa shape index (κ3) is 2.43. The normalized spacial score (nSPS) is 17.1. The van der Waals surface area contributed by atoms with Gasteiger partial charge in [-0.05, 0) is 43.9 Å². The maximum atomic E-state index is 11.2. The van der Waals surface area contributed by atoms with Crippen molar-refractivity contribution in [2.75, 3.05) is 0 Å². The van der Waals surface area contributed by atoms with Crippen LogP contribution < -0.4 is 0 Å². The van der Waals surface area contributed by atoms with Crippen molar-refractivity contribution in [2.24, 2.45) is 5.92 Å². The van der Waals surface area contributed by atoms with E-state index in [0.29, 0.717) is 11.6 Å². The van der Waals surface area contributed by atoms with E-state index in [1.165, 1.54) is 12.8 Å². The molecule has 21 heavy (non-hydrogen) atoms. The first kappa shape index (κ1) is 14.1. The molecule has 1 atom stereocenters. The Labute approximate surface area is 124 Å². The Kier molecular flexibility index (Phi) is 3.08. The van der Waals surface area contributed by atoms with Gasteiger partial charge in [-0.15, -0.1) is 0 Å². The van der Waals surface area contributed by atoms with E-state index < -0.39 is 5.97 Å². The molecule has 1 aliphatic carbocycles. The third-order valence-electron chi connectivity index (χ3n) is 4.32. The summed E-state index contributed by atoms with van der Waals surface area (Å²) in [6.07, 6.45) is 2.55. The van der Waals surface area contributed by atoms with Gasteiger partial charge in [-0.1, -0.05) is 20.8 Å². The predicted octanol–water partition coefficient (Wildman–Crippen LogP) is 4.00. The zero-order valence-corrected chi connectivity index (χ0v) is 13.1. The zero-order valence-electron chi connectivity index (χ0n) is 13.1. The van der Waals surface area contributed by atoms with Crippen LogP contribution in [0.1, 0.15) is 62.8 Å². The Morgan fingerprint density at radius 3 is 2.57 bits per heavy atom. The number of aromatic carboxylic acids is 1. The van der Waals surface area contributed by atoms with Crippen molar-refractivity contribution in [3.63, 3.8) is 0 Å². The van der Waals surface area contributed by atoms with Crippen molar-refractivity contribution < 1.29 is 9.90 Å². The summed E-state index contributed by atoms with van der Waals surface area (Å²) in [5.74, 6) is 0.862. The van der Waals surface area contributed by atoms with Crippen LogP contribution in [0.3, 0.4) is 0 Å². The van der Waals surface area contributed by atoms with Gasteiger partial charge in [-0.3, -0.25) is 0 Å². The Morgan fingerprint density at radius 1 is 1.38 bits per heavy atom. The highest BCUT2D eigenvalue weighted by Gasteiger charge is 2.34. The van der Waals surface area contributed by atoms with E-state index in [-0.39, 0.29) is 5.41 Å². The van der Waals surface area contributed by atoms with Crippen molar-refractivity contribution in [1.29, 1.82) is 0 Å². The number of benzene rings is 1. The summed E-state index contributed by atoms with van der Waals surface area (Å²) in [4.78, 5) is 15.9. The Hall–Kier alpha value is -1.84. The molecule has 0 bridgehead atoms. The number of carboxylic acid groups (broad SMARTS) is 1. The van der Waals surface area contributed by atoms with Crippen molar-refractivity contribution in [2.45, 2.75) is 52.0 Å². The second-order valence-electron chi connectivity index (χ2n) is 7.14. The topological polar surface area (TPSA) is 55.1 Å². The van der Waals surface area contributed by atoms with Gasteiger partial charge < -0.3 is 9.67 Å². The molecule has 1 aliphatic rings. The highest BCUT2D eigenvalue weighted by atomic mass is 16.4. The predicted molar refractivity (Wildman–Crippen MR) is 82.8 cm³/mol. The van der Waals surface area contributed by atoms with Gasteiger partial charge >= 0.3 is 5.97 Å². The molecule has 2 aromatic rings. The molecule has 4 heteroatoms. The van der Waals surface area contributed by atoms with Gasteiger partial charge in [0.1, 0.15) is 5.82 Å². The van der Waals surface area contributed by atoms with Gasteiger partial charge in [0.15, 0.2) is 0 Å². The Morgan fingerprint density at radius 2 is 2.05 bits per heavy atom. The van der Waals surface area contributed by atoms with Gasteiger partial charge in [-0.2, -0.15) is 0 Å². The molecule has 1 unspecified atom stereocenters. The van der Waals surface area contributed by atoms with Gasteiger partial charge in [0, 0.05) is 11.5 Å². The smallest absolute Gasteiger partial charge is 0.335 e. The van der Waals surface area contributed by atoms with E-state index in [0.717, 1.165) is 22.8 Å². The summed E-state index contributed by atoms with van der Waals surface area (Å²) in [6, 6.07) is 5.68. The summed E-state index contributed by atoms with van der Waals surface area (Å²) in [5, 5.41) is 9.15. The summed E-state index contributed by atoms with van der Waals surface area (Å²) >= 11 is 0. The lowest BCUT2D eigenvalue weighted by atomic mass is 9.95. The quantitative estimate of drug-likeness (QED) is 0.927. The van der Waals surface area contributed by atoms with Crippen LogP contribution in [-0.4, -0.2) is 20.6 Å². The third-order valence-corrected chi connectivity index (χ3v) is 4.32. The molecule has 0 aliphatic heterocycles. The average Bonchev–Trinajstić information content (AvgIpc) is 3.16. The summed E-state index contributed by atoms with van der Waals surface area (Å²) in [6.45, 7) is 8.71. The van der Waals surface area contributed by atoms with E-state index in [1.54, 1.807) is 12.1 Å². The largest absolute Gasteiger partial charge is 0.478 e. The molecule has 4 nitrogen and oxygen atoms in total. The molecular weight excluding hydrogens is 264 g/mol. The number of nitrogens with zero attached hydrogens (tertiary/aromatic N) is 2. The van der Waals surface area contributed by atoms with Crippen molar-refractivity contribution >= 4 is 17.0 Å². The minimum absolute atomic E-state index is 0.0639. The van der Waals surface area contributed by atoms with E-state index in [9.17, 15) is 4.79 Å². The molecule has 3 rings (SSSR count). The minimum Gasteiger partial charge on any atom is -0.478 e. The van der Waals surface area contributed by atoms with Crippen molar-refractivity contribution in [3.05, 3.63) is 29.6 Å². The minimum atomic E-state index is -0.904. The van der Waals surface area contributed by atoms with E-state index in [1.807, 2.05) is 6.07 Å². The first-order chi connectivity index (χ1) is 9.79. The fraction of sp³-hybridized carbons (Fsp3) is 0.529. The Balaban J connectivity index is 2.23. The molecular formula is C17H22N2O2. The first-order valence-electron chi connectivity index (χ1n) is 7.55. The van der Waals surface area contributed by atoms with Crippen LogP contribution in [-0.2, 0) is 5.41 Å². The number of carbonyl (C=O) groups is 1. The maximum Gasteiger partial charge on any atom is 0.335 e. The molecule has 0 saturated heterocycles. The standard InChI is InChI=1S/C17H22N2O2/c1-10(11-5-6-11)19-14-8-7-12(15(20)21)9-13(14)18-16(19)17(2,3)4/h7-11H,5-6H2,1-4H3,(H,20,21). The van der Waals surface area contributed by atoms with Gasteiger partial charge in [0.2, 0.25) is 0 Å². The van der Waals surface area contributed by atoms with E-state index in [4.69, 9.17) is 10.1 Å². The van der Waals surface area contributed by atoms with Crippen molar-refractivity contribution in [1.82, 2.24) is 9.55 Å². The number of carboxylic acids is 1. The molecule has 1 N–H and O–H groups in total. The van der Waals surface area contributed by atoms with Crippen LogP contribution in [0.25, 0.3) is 11.0 Å². The number of rotatable bonds is 3. The maximum absolute atomic E-state index is 11.2. The molecule has 1 fully saturated rings. The lowest BCUT2D eigenvalue weighted by Crippen LogP contribution is -2.21. The van der Waals surface area contributed by atoms with Crippen molar-refractivity contribution in [3.8, 4) is 0 Å². The van der Waals surface area contributed by atoms with Crippen LogP contribution in [0.2, 0.25) is 0 Å². The monoisotopic (exact) mass is 286 g/mol. The fourth-order valence-electron chi connectivity index (χ4n) is 2.96. The van der Waals surface area contributed by atoms with Crippen LogP contribution in [0.15, 0.2) is 18.2 Å². The molecule has 112 valence electrons. The Bertz CT molecular complexity index is 705. The molecule has 1 aromatic carbocycles. The van der Waals surface area contributed by atoms with Gasteiger partial charge in [0.25, 0.3) is 0 Å². The van der Waals surface area contributed by atoms with Crippen LogP contribution >= 0.6 is 0 Å². The highest BCUT2D eigenvalue weighted by molar-refractivity contribution is 5.92. The first-order valence-corrected chi connectivity index (χ1v) is 7.55. The molecule has 1 heterocycles. The number of fused-ring (bicyclic) bond motifs is 1. The molecule has 1 aromatic heterocycles. The summed E-state index contributed by atoms with van der Waals surface area (Å²) < 4.78 is 2.32. The summed E-state index contributed by atoms with van der Waals surface area (Å²) in [5.41, 5.74) is 2.06.